The predicted octanol–water partition coefficient (Wildman–Crippen LogP) is 7.30. The highest BCUT2D eigenvalue weighted by Crippen LogP contribution is 2.30. The van der Waals surface area contributed by atoms with Gasteiger partial charge in [0.2, 0.25) is 0 Å². The number of aryl methyl sites for hydroxylation is 1. The summed E-state index contributed by atoms with van der Waals surface area (Å²) >= 11 is 0. The second-order valence-corrected chi connectivity index (χ2v) is 6.70. The maximum atomic E-state index is 14.7. The first-order valence-corrected chi connectivity index (χ1v) is 9.16. The van der Waals surface area contributed by atoms with Crippen molar-refractivity contribution in [3.05, 3.63) is 83.2 Å². The van der Waals surface area contributed by atoms with Crippen molar-refractivity contribution in [2.24, 2.45) is 0 Å². The third-order valence-corrected chi connectivity index (χ3v) is 4.47. The van der Waals surface area contributed by atoms with Crippen molar-refractivity contribution in [2.75, 3.05) is 0 Å². The second-order valence-electron chi connectivity index (χ2n) is 6.70. The van der Waals surface area contributed by atoms with Gasteiger partial charge in [0.1, 0.15) is 17.5 Å². The smallest absolute Gasteiger partial charge is 0.206 e. The van der Waals surface area contributed by atoms with E-state index in [-0.39, 0.29) is 16.7 Å². The third kappa shape index (κ3) is 5.04. The van der Waals surface area contributed by atoms with Crippen LogP contribution in [-0.4, -0.2) is 6.18 Å². The van der Waals surface area contributed by atoms with E-state index in [0.717, 1.165) is 42.5 Å². The Morgan fingerprint density at radius 2 is 1.30 bits per heavy atom. The van der Waals surface area contributed by atoms with Gasteiger partial charge in [-0.1, -0.05) is 49.6 Å². The summed E-state index contributed by atoms with van der Waals surface area (Å²) in [6.07, 6.45) is -3.13. The molecule has 3 aromatic carbocycles. The largest absolute Gasteiger partial charge is 0.458 e. The molecule has 0 aliphatic rings. The van der Waals surface area contributed by atoms with Gasteiger partial charge in [-0.2, -0.15) is 13.2 Å². The molecule has 3 aromatic rings. The third-order valence-electron chi connectivity index (χ3n) is 4.47. The Hall–Kier alpha value is -3.20. The quantitative estimate of drug-likeness (QED) is 0.308. The van der Waals surface area contributed by atoms with Crippen LogP contribution in [0.5, 0.6) is 0 Å². The molecule has 0 aliphatic carbocycles. The summed E-state index contributed by atoms with van der Waals surface area (Å²) < 4.78 is 79.7. The molecular formula is C24H16F6. The fraction of sp³-hybridized carbons (Fsp3) is 0.167. The summed E-state index contributed by atoms with van der Waals surface area (Å²) in [6.45, 7) is 1.98. The molecule has 154 valence electrons. The monoisotopic (exact) mass is 418 g/mol. The van der Waals surface area contributed by atoms with E-state index >= 15 is 0 Å². The van der Waals surface area contributed by atoms with Crippen molar-refractivity contribution in [2.45, 2.75) is 25.9 Å². The molecule has 0 N–H and O–H groups in total. The van der Waals surface area contributed by atoms with Crippen molar-refractivity contribution in [1.29, 1.82) is 0 Å². The van der Waals surface area contributed by atoms with Crippen LogP contribution in [0.3, 0.4) is 0 Å². The predicted molar refractivity (Wildman–Crippen MR) is 104 cm³/mol. The molecule has 0 aromatic heterocycles. The summed E-state index contributed by atoms with van der Waals surface area (Å²) in [5, 5.41) is 0. The van der Waals surface area contributed by atoms with Gasteiger partial charge in [-0.3, -0.25) is 0 Å². The molecule has 30 heavy (non-hydrogen) atoms. The van der Waals surface area contributed by atoms with E-state index in [1.165, 1.54) is 24.3 Å². The van der Waals surface area contributed by atoms with E-state index in [1.807, 2.05) is 6.92 Å². The van der Waals surface area contributed by atoms with Crippen LogP contribution in [0.4, 0.5) is 26.3 Å². The first-order chi connectivity index (χ1) is 14.2. The van der Waals surface area contributed by atoms with Gasteiger partial charge in [-0.05, 0) is 47.4 Å². The van der Waals surface area contributed by atoms with Crippen molar-refractivity contribution in [3.63, 3.8) is 0 Å². The molecule has 0 amide bonds. The molecule has 0 spiro atoms. The summed E-state index contributed by atoms with van der Waals surface area (Å²) in [6, 6.07) is 12.1. The zero-order valence-electron chi connectivity index (χ0n) is 15.9. The second kappa shape index (κ2) is 8.66. The molecule has 0 heterocycles. The minimum absolute atomic E-state index is 0.0380. The number of benzene rings is 3. The Labute approximate surface area is 170 Å². The van der Waals surface area contributed by atoms with Crippen LogP contribution in [0.25, 0.3) is 22.3 Å². The van der Waals surface area contributed by atoms with Crippen LogP contribution >= 0.6 is 0 Å². The Balaban J connectivity index is 1.92. The first kappa shape index (κ1) is 21.5. The number of alkyl halides is 3. The maximum absolute atomic E-state index is 14.7. The molecule has 0 radical (unpaired) electrons. The van der Waals surface area contributed by atoms with Gasteiger partial charge in [0.25, 0.3) is 0 Å². The zero-order chi connectivity index (χ0) is 21.9. The van der Waals surface area contributed by atoms with Crippen molar-refractivity contribution in [3.8, 4) is 34.1 Å². The van der Waals surface area contributed by atoms with Gasteiger partial charge in [-0.15, -0.1) is 0 Å². The molecule has 0 atom stereocenters. The average molecular weight is 418 g/mol. The molecule has 0 saturated heterocycles. The topological polar surface area (TPSA) is 0 Å². The van der Waals surface area contributed by atoms with Gasteiger partial charge < -0.3 is 0 Å². The Morgan fingerprint density at radius 1 is 0.733 bits per heavy atom. The molecular weight excluding hydrogens is 402 g/mol. The maximum Gasteiger partial charge on any atom is 0.458 e. The van der Waals surface area contributed by atoms with Gasteiger partial charge in [0.05, 0.1) is 5.56 Å². The lowest BCUT2D eigenvalue weighted by Gasteiger charge is -2.09. The summed E-state index contributed by atoms with van der Waals surface area (Å²) in [7, 11) is 0. The lowest BCUT2D eigenvalue weighted by Crippen LogP contribution is -2.01. The first-order valence-electron chi connectivity index (χ1n) is 9.16. The molecule has 0 unspecified atom stereocenters. The average Bonchev–Trinajstić information content (AvgIpc) is 2.66. The molecule has 0 bridgehead atoms. The minimum Gasteiger partial charge on any atom is -0.206 e. The lowest BCUT2D eigenvalue weighted by atomic mass is 9.97. The summed E-state index contributed by atoms with van der Waals surface area (Å²) in [5.74, 6) is 0.533. The van der Waals surface area contributed by atoms with E-state index in [2.05, 4.69) is 0 Å². The number of halogens is 6. The van der Waals surface area contributed by atoms with E-state index in [9.17, 15) is 26.3 Å². The van der Waals surface area contributed by atoms with Crippen molar-refractivity contribution in [1.82, 2.24) is 0 Å². The molecule has 0 nitrogen and oxygen atoms in total. The van der Waals surface area contributed by atoms with Crippen molar-refractivity contribution < 1.29 is 26.3 Å². The molecule has 0 saturated carbocycles. The van der Waals surface area contributed by atoms with Gasteiger partial charge >= 0.3 is 6.18 Å². The van der Waals surface area contributed by atoms with Crippen LogP contribution in [0, 0.1) is 29.3 Å². The van der Waals surface area contributed by atoms with Crippen LogP contribution in [0.15, 0.2) is 54.6 Å². The van der Waals surface area contributed by atoms with E-state index < -0.39 is 29.2 Å². The Kier molecular flexibility index (Phi) is 6.21. The fourth-order valence-corrected chi connectivity index (χ4v) is 3.08. The fourth-order valence-electron chi connectivity index (χ4n) is 3.08. The van der Waals surface area contributed by atoms with E-state index in [0.29, 0.717) is 5.56 Å². The van der Waals surface area contributed by atoms with Crippen LogP contribution < -0.4 is 0 Å². The van der Waals surface area contributed by atoms with E-state index in [1.54, 1.807) is 18.1 Å². The standard InChI is InChI=1S/C24H16F6/c1-2-3-15-4-8-19(22(26)12-15)18-7-9-20(23(27)14-18)17-6-5-16(21(25)13-17)10-11-24(28,29)30/h4-9,12-14H,2-3H2,1H3. The van der Waals surface area contributed by atoms with Gasteiger partial charge in [0, 0.05) is 17.0 Å². The normalized spacial score (nSPS) is 11.2. The number of rotatable bonds is 4. The van der Waals surface area contributed by atoms with Crippen LogP contribution in [-0.2, 0) is 6.42 Å². The SMILES string of the molecule is CCCc1ccc(-c2ccc(-c3ccc(C#CC(F)(F)F)c(F)c3)c(F)c2)c(F)c1. The molecule has 3 rings (SSSR count). The Morgan fingerprint density at radius 3 is 1.83 bits per heavy atom. The zero-order valence-corrected chi connectivity index (χ0v) is 15.9. The van der Waals surface area contributed by atoms with Crippen molar-refractivity contribution >= 4 is 0 Å². The van der Waals surface area contributed by atoms with Crippen LogP contribution in [0.2, 0.25) is 0 Å². The summed E-state index contributed by atoms with van der Waals surface area (Å²) in [5.41, 5.74) is 1.14. The molecule has 0 fully saturated rings. The highest BCUT2D eigenvalue weighted by molar-refractivity contribution is 5.72. The highest BCUT2D eigenvalue weighted by atomic mass is 19.4. The van der Waals surface area contributed by atoms with Gasteiger partial charge in [-0.25, -0.2) is 13.2 Å². The minimum atomic E-state index is -4.74. The van der Waals surface area contributed by atoms with Gasteiger partial charge in [0.15, 0.2) is 0 Å². The van der Waals surface area contributed by atoms with E-state index in [4.69, 9.17) is 0 Å². The molecule has 6 heteroatoms. The summed E-state index contributed by atoms with van der Waals surface area (Å²) in [4.78, 5) is 0. The number of hydrogen-bond acceptors (Lipinski definition) is 0. The van der Waals surface area contributed by atoms with Crippen LogP contribution in [0.1, 0.15) is 24.5 Å². The lowest BCUT2D eigenvalue weighted by molar-refractivity contribution is -0.0696. The number of hydrogen-bond donors (Lipinski definition) is 0. The highest BCUT2D eigenvalue weighted by Gasteiger charge is 2.23. The Bertz CT molecular complexity index is 1130. The molecule has 0 aliphatic heterocycles.